The lowest BCUT2D eigenvalue weighted by atomic mass is 10.1. The average molecular weight is 348 g/mol. The molecule has 24 heavy (non-hydrogen) atoms. The SMILES string of the molecule is C[C@@H](O)[C@@H]1CN[C@H]([C@@H](C)O)CN[C@H]([C@@H](C)O)CN[C@H]([C@@H](C)O)CN1. The van der Waals surface area contributed by atoms with Crippen molar-refractivity contribution in [3.63, 3.8) is 0 Å². The lowest BCUT2D eigenvalue weighted by molar-refractivity contribution is 0.0908. The van der Waals surface area contributed by atoms with E-state index in [1.165, 1.54) is 0 Å². The van der Waals surface area contributed by atoms with E-state index in [9.17, 15) is 20.4 Å². The Balaban J connectivity index is 2.84. The van der Waals surface area contributed by atoms with Crippen LogP contribution in [0, 0.1) is 0 Å². The summed E-state index contributed by atoms with van der Waals surface area (Å²) in [4.78, 5) is 0. The maximum Gasteiger partial charge on any atom is 0.0677 e. The van der Waals surface area contributed by atoms with Gasteiger partial charge in [0.15, 0.2) is 0 Å². The molecule has 0 saturated carbocycles. The maximum atomic E-state index is 9.95. The van der Waals surface area contributed by atoms with Crippen LogP contribution in [0.3, 0.4) is 0 Å². The first-order valence-electron chi connectivity index (χ1n) is 8.88. The number of aliphatic hydroxyl groups excluding tert-OH is 4. The quantitative estimate of drug-likeness (QED) is 0.277. The molecule has 1 fully saturated rings. The smallest absolute Gasteiger partial charge is 0.0677 e. The van der Waals surface area contributed by atoms with Gasteiger partial charge in [-0.15, -0.1) is 0 Å². The van der Waals surface area contributed by atoms with E-state index >= 15 is 0 Å². The first-order chi connectivity index (χ1) is 11.2. The van der Waals surface area contributed by atoms with Crippen LogP contribution in [0.2, 0.25) is 0 Å². The van der Waals surface area contributed by atoms with E-state index < -0.39 is 24.4 Å². The predicted octanol–water partition coefficient (Wildman–Crippen LogP) is -2.64. The molecule has 0 aromatic heterocycles. The third-order valence-corrected chi connectivity index (χ3v) is 4.73. The highest BCUT2D eigenvalue weighted by atomic mass is 16.3. The summed E-state index contributed by atoms with van der Waals surface area (Å²) in [5.41, 5.74) is 0. The van der Waals surface area contributed by atoms with Crippen molar-refractivity contribution in [1.29, 1.82) is 0 Å². The van der Waals surface area contributed by atoms with Crippen LogP contribution in [0.1, 0.15) is 27.7 Å². The summed E-state index contributed by atoms with van der Waals surface area (Å²) in [5, 5.41) is 52.9. The standard InChI is InChI=1S/C16H36N4O4/c1-9(21)13-5-18-15(11(3)23)7-20-16(12(4)24)8-19-14(6-17-13)10(2)22/h9-24H,5-8H2,1-4H3/t9-,10-,11-,12-,13+,14+,15+,16+/m1/s1. The second-order valence-corrected chi connectivity index (χ2v) is 7.02. The van der Waals surface area contributed by atoms with Gasteiger partial charge in [-0.1, -0.05) is 0 Å². The zero-order chi connectivity index (χ0) is 18.3. The molecule has 1 rings (SSSR count). The fourth-order valence-electron chi connectivity index (χ4n) is 2.77. The van der Waals surface area contributed by atoms with Gasteiger partial charge in [-0.25, -0.2) is 0 Å². The van der Waals surface area contributed by atoms with Gasteiger partial charge < -0.3 is 41.7 Å². The molecule has 0 aliphatic carbocycles. The Morgan fingerprint density at radius 2 is 0.667 bits per heavy atom. The summed E-state index contributed by atoms with van der Waals surface area (Å²) in [6, 6.07) is -0.773. The zero-order valence-electron chi connectivity index (χ0n) is 15.2. The molecule has 0 amide bonds. The van der Waals surface area contributed by atoms with Gasteiger partial charge in [0.25, 0.3) is 0 Å². The molecule has 0 bridgehead atoms. The molecule has 8 heteroatoms. The van der Waals surface area contributed by atoms with Crippen LogP contribution in [-0.2, 0) is 0 Å². The van der Waals surface area contributed by atoms with Crippen molar-refractivity contribution in [2.45, 2.75) is 76.3 Å². The van der Waals surface area contributed by atoms with Crippen molar-refractivity contribution >= 4 is 0 Å². The Kier molecular flexibility index (Phi) is 9.61. The number of hydrogen-bond acceptors (Lipinski definition) is 8. The number of nitrogens with one attached hydrogen (secondary N) is 4. The van der Waals surface area contributed by atoms with Crippen molar-refractivity contribution in [2.75, 3.05) is 26.2 Å². The summed E-state index contributed by atoms with van der Waals surface area (Å²) in [6.07, 6.45) is -2.27. The molecule has 0 aromatic rings. The molecule has 8 atom stereocenters. The Morgan fingerprint density at radius 1 is 0.500 bits per heavy atom. The van der Waals surface area contributed by atoms with Crippen molar-refractivity contribution in [1.82, 2.24) is 21.3 Å². The van der Waals surface area contributed by atoms with Gasteiger partial charge in [-0.3, -0.25) is 0 Å². The topological polar surface area (TPSA) is 129 Å². The van der Waals surface area contributed by atoms with Crippen LogP contribution in [0.15, 0.2) is 0 Å². The fraction of sp³-hybridized carbons (Fsp3) is 1.00. The molecule has 144 valence electrons. The van der Waals surface area contributed by atoms with Crippen molar-refractivity contribution in [3.05, 3.63) is 0 Å². The third kappa shape index (κ3) is 7.28. The van der Waals surface area contributed by atoms with E-state index in [0.29, 0.717) is 26.2 Å². The van der Waals surface area contributed by atoms with Crippen LogP contribution >= 0.6 is 0 Å². The molecular weight excluding hydrogens is 312 g/mol. The molecule has 8 nitrogen and oxygen atoms in total. The van der Waals surface area contributed by atoms with Crippen LogP contribution in [0.5, 0.6) is 0 Å². The van der Waals surface area contributed by atoms with Crippen LogP contribution in [0.4, 0.5) is 0 Å². The van der Waals surface area contributed by atoms with Crippen LogP contribution in [-0.4, -0.2) is 95.2 Å². The summed E-state index contributed by atoms with van der Waals surface area (Å²) in [7, 11) is 0. The first-order valence-corrected chi connectivity index (χ1v) is 8.88. The highest BCUT2D eigenvalue weighted by Crippen LogP contribution is 2.02. The van der Waals surface area contributed by atoms with E-state index in [4.69, 9.17) is 0 Å². The van der Waals surface area contributed by atoms with Gasteiger partial charge >= 0.3 is 0 Å². The van der Waals surface area contributed by atoms with E-state index in [1.807, 2.05) is 0 Å². The number of rotatable bonds is 4. The lowest BCUT2D eigenvalue weighted by Crippen LogP contribution is -2.60. The summed E-state index contributed by atoms with van der Waals surface area (Å²) in [5.74, 6) is 0. The molecule has 0 spiro atoms. The zero-order valence-corrected chi connectivity index (χ0v) is 15.2. The molecule has 1 aliphatic heterocycles. The molecular formula is C16H36N4O4. The van der Waals surface area contributed by atoms with E-state index in [-0.39, 0.29) is 24.2 Å². The van der Waals surface area contributed by atoms with Crippen LogP contribution in [0.25, 0.3) is 0 Å². The number of hydrogen-bond donors (Lipinski definition) is 8. The third-order valence-electron chi connectivity index (χ3n) is 4.73. The molecule has 0 radical (unpaired) electrons. The van der Waals surface area contributed by atoms with E-state index in [2.05, 4.69) is 21.3 Å². The van der Waals surface area contributed by atoms with Crippen molar-refractivity contribution < 1.29 is 20.4 Å². The van der Waals surface area contributed by atoms with Crippen molar-refractivity contribution in [3.8, 4) is 0 Å². The number of aliphatic hydroxyl groups is 4. The summed E-state index contributed by atoms with van der Waals surface area (Å²) < 4.78 is 0. The maximum absolute atomic E-state index is 9.95. The Labute approximate surface area is 145 Å². The normalized spacial score (nSPS) is 36.0. The second-order valence-electron chi connectivity index (χ2n) is 7.02. The van der Waals surface area contributed by atoms with Crippen LogP contribution < -0.4 is 21.3 Å². The van der Waals surface area contributed by atoms with Crippen molar-refractivity contribution in [2.24, 2.45) is 0 Å². The molecule has 0 aromatic carbocycles. The Morgan fingerprint density at radius 3 is 0.792 bits per heavy atom. The summed E-state index contributed by atoms with van der Waals surface area (Å²) in [6.45, 7) is 8.82. The van der Waals surface area contributed by atoms with Gasteiger partial charge in [0.2, 0.25) is 0 Å². The second kappa shape index (κ2) is 10.6. The fourth-order valence-corrected chi connectivity index (χ4v) is 2.77. The van der Waals surface area contributed by atoms with E-state index in [1.54, 1.807) is 27.7 Å². The lowest BCUT2D eigenvalue weighted by Gasteiger charge is -2.34. The molecule has 1 aliphatic rings. The minimum absolute atomic E-state index is 0.193. The molecule has 0 unspecified atom stereocenters. The highest BCUT2D eigenvalue weighted by Gasteiger charge is 2.26. The Hall–Kier alpha value is -0.320. The van der Waals surface area contributed by atoms with Gasteiger partial charge in [0, 0.05) is 50.3 Å². The van der Waals surface area contributed by atoms with Gasteiger partial charge in [-0.2, -0.15) is 0 Å². The minimum Gasteiger partial charge on any atom is -0.392 e. The molecule has 1 saturated heterocycles. The van der Waals surface area contributed by atoms with Gasteiger partial charge in [0.1, 0.15) is 0 Å². The van der Waals surface area contributed by atoms with Gasteiger partial charge in [0.05, 0.1) is 24.4 Å². The summed E-state index contributed by atoms with van der Waals surface area (Å²) >= 11 is 0. The first kappa shape index (κ1) is 21.7. The predicted molar refractivity (Wildman–Crippen MR) is 93.9 cm³/mol. The molecule has 1 heterocycles. The largest absolute Gasteiger partial charge is 0.392 e. The highest BCUT2D eigenvalue weighted by molar-refractivity contribution is 4.88. The minimum atomic E-state index is -0.567. The Bertz CT molecular complexity index is 262. The van der Waals surface area contributed by atoms with E-state index in [0.717, 1.165) is 0 Å². The molecule has 8 N–H and O–H groups in total. The monoisotopic (exact) mass is 348 g/mol. The average Bonchev–Trinajstić information content (AvgIpc) is 2.46. The van der Waals surface area contributed by atoms with Gasteiger partial charge in [-0.05, 0) is 27.7 Å².